The molecule has 1 aliphatic rings. The fourth-order valence-electron chi connectivity index (χ4n) is 2.36. The van der Waals surface area contributed by atoms with Crippen LogP contribution in [0.5, 0.6) is 0 Å². The molecule has 2 unspecified atom stereocenters. The number of nitrogens with zero attached hydrogens (tertiary/aromatic N) is 1. The summed E-state index contributed by atoms with van der Waals surface area (Å²) in [4.78, 5) is 28.0. The highest BCUT2D eigenvalue weighted by Crippen LogP contribution is 2.58. The molecule has 6 heteroatoms. The molecule has 18 heavy (non-hydrogen) atoms. The van der Waals surface area contributed by atoms with Crippen molar-refractivity contribution in [1.29, 1.82) is 0 Å². The lowest BCUT2D eigenvalue weighted by atomic mass is 10.1. The second kappa shape index (κ2) is 4.35. The highest BCUT2D eigenvalue weighted by molar-refractivity contribution is 7.11. The van der Waals surface area contributed by atoms with E-state index in [1.165, 1.54) is 11.3 Å². The Morgan fingerprint density at radius 3 is 2.61 bits per heavy atom. The van der Waals surface area contributed by atoms with Crippen molar-refractivity contribution in [3.8, 4) is 0 Å². The Morgan fingerprint density at radius 1 is 1.50 bits per heavy atom. The number of aryl methyl sites for hydroxylation is 1. The van der Waals surface area contributed by atoms with Crippen molar-refractivity contribution >= 4 is 23.2 Å². The summed E-state index contributed by atoms with van der Waals surface area (Å²) in [5, 5.41) is 12.7. The minimum Gasteiger partial charge on any atom is -0.481 e. The Hall–Kier alpha value is -1.43. The molecular weight excluding hydrogens is 252 g/mol. The molecule has 2 atom stereocenters. The van der Waals surface area contributed by atoms with Gasteiger partial charge in [0.05, 0.1) is 23.4 Å². The van der Waals surface area contributed by atoms with Crippen LogP contribution in [-0.4, -0.2) is 22.0 Å². The normalized spacial score (nSPS) is 24.6. The van der Waals surface area contributed by atoms with Crippen LogP contribution in [0.15, 0.2) is 6.20 Å². The van der Waals surface area contributed by atoms with Crippen LogP contribution >= 0.6 is 11.3 Å². The molecule has 1 fully saturated rings. The van der Waals surface area contributed by atoms with E-state index < -0.39 is 23.2 Å². The van der Waals surface area contributed by atoms with E-state index in [9.17, 15) is 9.59 Å². The summed E-state index contributed by atoms with van der Waals surface area (Å²) >= 11 is 1.53. The predicted octanol–water partition coefficient (Wildman–Crippen LogP) is 1.42. The summed E-state index contributed by atoms with van der Waals surface area (Å²) in [6.45, 7) is 5.95. The second-order valence-electron chi connectivity index (χ2n) is 5.18. The lowest BCUT2D eigenvalue weighted by Crippen LogP contribution is -2.26. The number of carboxylic acid groups (broad SMARTS) is 1. The fourth-order valence-corrected chi connectivity index (χ4v) is 3.09. The van der Waals surface area contributed by atoms with Gasteiger partial charge in [0.2, 0.25) is 5.91 Å². The van der Waals surface area contributed by atoms with E-state index in [2.05, 4.69) is 10.3 Å². The van der Waals surface area contributed by atoms with Gasteiger partial charge in [0.15, 0.2) is 0 Å². The monoisotopic (exact) mass is 268 g/mol. The molecule has 0 bridgehead atoms. The summed E-state index contributed by atoms with van der Waals surface area (Å²) in [5.41, 5.74) is -0.445. The molecule has 2 N–H and O–H groups in total. The van der Waals surface area contributed by atoms with Crippen LogP contribution in [0, 0.1) is 24.2 Å². The van der Waals surface area contributed by atoms with Crippen LogP contribution in [0.3, 0.4) is 0 Å². The first-order valence-electron chi connectivity index (χ1n) is 5.76. The summed E-state index contributed by atoms with van der Waals surface area (Å²) in [7, 11) is 0. The number of aliphatic carboxylic acids is 1. The van der Waals surface area contributed by atoms with Gasteiger partial charge in [-0.05, 0) is 12.3 Å². The average molecular weight is 268 g/mol. The average Bonchev–Trinajstić information content (AvgIpc) is 2.63. The molecule has 1 amide bonds. The SMILES string of the molecule is Cc1ncc(CNC(=O)C2C(C(=O)O)C2(C)C)s1. The van der Waals surface area contributed by atoms with E-state index in [0.717, 1.165) is 9.88 Å². The van der Waals surface area contributed by atoms with Crippen molar-refractivity contribution in [2.24, 2.45) is 17.3 Å². The smallest absolute Gasteiger partial charge is 0.307 e. The van der Waals surface area contributed by atoms with E-state index in [0.29, 0.717) is 6.54 Å². The molecule has 0 aromatic carbocycles. The summed E-state index contributed by atoms with van der Waals surface area (Å²) in [6.07, 6.45) is 1.73. The highest BCUT2D eigenvalue weighted by atomic mass is 32.1. The summed E-state index contributed by atoms with van der Waals surface area (Å²) in [5.74, 6) is -2.07. The molecule has 0 radical (unpaired) electrons. The van der Waals surface area contributed by atoms with Crippen molar-refractivity contribution in [2.75, 3.05) is 0 Å². The minimum atomic E-state index is -0.895. The number of carbonyl (C=O) groups excluding carboxylic acids is 1. The molecule has 1 aromatic rings. The van der Waals surface area contributed by atoms with Gasteiger partial charge in [-0.3, -0.25) is 9.59 Å². The Morgan fingerprint density at radius 2 is 2.17 bits per heavy atom. The molecule has 2 rings (SSSR count). The number of thiazole rings is 1. The van der Waals surface area contributed by atoms with E-state index in [4.69, 9.17) is 5.11 Å². The molecule has 1 heterocycles. The van der Waals surface area contributed by atoms with Crippen molar-refractivity contribution < 1.29 is 14.7 Å². The molecule has 1 aliphatic carbocycles. The van der Waals surface area contributed by atoms with Gasteiger partial charge in [-0.15, -0.1) is 11.3 Å². The van der Waals surface area contributed by atoms with Crippen molar-refractivity contribution in [1.82, 2.24) is 10.3 Å². The van der Waals surface area contributed by atoms with Crippen LogP contribution in [0.2, 0.25) is 0 Å². The lowest BCUT2D eigenvalue weighted by molar-refractivity contribution is -0.140. The van der Waals surface area contributed by atoms with Gasteiger partial charge in [-0.1, -0.05) is 13.8 Å². The summed E-state index contributed by atoms with van der Waals surface area (Å²) in [6, 6.07) is 0. The fraction of sp³-hybridized carbons (Fsp3) is 0.583. The van der Waals surface area contributed by atoms with Crippen molar-refractivity contribution in [3.05, 3.63) is 16.1 Å². The van der Waals surface area contributed by atoms with Gasteiger partial charge in [0.25, 0.3) is 0 Å². The van der Waals surface area contributed by atoms with Crippen molar-refractivity contribution in [2.45, 2.75) is 27.3 Å². The number of nitrogens with one attached hydrogen (secondary N) is 1. The van der Waals surface area contributed by atoms with Crippen molar-refractivity contribution in [3.63, 3.8) is 0 Å². The zero-order valence-corrected chi connectivity index (χ0v) is 11.4. The Balaban J connectivity index is 1.92. The van der Waals surface area contributed by atoms with E-state index in [1.54, 1.807) is 6.20 Å². The van der Waals surface area contributed by atoms with Crippen LogP contribution in [-0.2, 0) is 16.1 Å². The molecule has 1 aromatic heterocycles. The zero-order valence-electron chi connectivity index (χ0n) is 10.6. The van der Waals surface area contributed by atoms with Crippen LogP contribution in [0.25, 0.3) is 0 Å². The van der Waals surface area contributed by atoms with Gasteiger partial charge in [0, 0.05) is 11.1 Å². The molecule has 0 spiro atoms. The Labute approximate surface area is 109 Å². The van der Waals surface area contributed by atoms with E-state index in [-0.39, 0.29) is 5.91 Å². The number of carbonyl (C=O) groups is 2. The highest BCUT2D eigenvalue weighted by Gasteiger charge is 2.65. The van der Waals surface area contributed by atoms with Gasteiger partial charge < -0.3 is 10.4 Å². The molecule has 0 saturated heterocycles. The molecular formula is C12H16N2O3S. The quantitative estimate of drug-likeness (QED) is 0.865. The lowest BCUT2D eigenvalue weighted by Gasteiger charge is -2.03. The largest absolute Gasteiger partial charge is 0.481 e. The predicted molar refractivity (Wildman–Crippen MR) is 67.1 cm³/mol. The third-order valence-electron chi connectivity index (χ3n) is 3.48. The van der Waals surface area contributed by atoms with Gasteiger partial charge in [-0.2, -0.15) is 0 Å². The molecule has 5 nitrogen and oxygen atoms in total. The maximum absolute atomic E-state index is 11.9. The van der Waals surface area contributed by atoms with Crippen LogP contribution in [0.4, 0.5) is 0 Å². The first-order valence-corrected chi connectivity index (χ1v) is 6.57. The van der Waals surface area contributed by atoms with E-state index in [1.807, 2.05) is 20.8 Å². The topological polar surface area (TPSA) is 79.3 Å². The third kappa shape index (κ3) is 2.25. The number of amides is 1. The zero-order chi connectivity index (χ0) is 13.5. The minimum absolute atomic E-state index is 0.182. The number of hydrogen-bond acceptors (Lipinski definition) is 4. The molecule has 98 valence electrons. The number of hydrogen-bond donors (Lipinski definition) is 2. The first kappa shape index (κ1) is 13.0. The maximum atomic E-state index is 11.9. The number of carboxylic acids is 1. The van der Waals surface area contributed by atoms with Gasteiger partial charge >= 0.3 is 5.97 Å². The number of aromatic nitrogens is 1. The van der Waals surface area contributed by atoms with Crippen LogP contribution in [0.1, 0.15) is 23.7 Å². The summed E-state index contributed by atoms with van der Waals surface area (Å²) < 4.78 is 0. The maximum Gasteiger partial charge on any atom is 0.307 e. The standard InChI is InChI=1S/C12H16N2O3S/c1-6-13-4-7(18-6)5-14-10(15)8-9(11(16)17)12(8,2)3/h4,8-9H,5H2,1-3H3,(H,14,15)(H,16,17). The van der Waals surface area contributed by atoms with Gasteiger partial charge in [-0.25, -0.2) is 4.98 Å². The van der Waals surface area contributed by atoms with Crippen LogP contribution < -0.4 is 5.32 Å². The van der Waals surface area contributed by atoms with Gasteiger partial charge in [0.1, 0.15) is 0 Å². The third-order valence-corrected chi connectivity index (χ3v) is 4.39. The van der Waals surface area contributed by atoms with E-state index >= 15 is 0 Å². The number of rotatable bonds is 4. The molecule has 1 saturated carbocycles. The molecule has 0 aliphatic heterocycles. The Kier molecular flexibility index (Phi) is 3.14. The first-order chi connectivity index (χ1) is 8.34. The Bertz CT molecular complexity index is 495. The second-order valence-corrected chi connectivity index (χ2v) is 6.50.